The average Bonchev–Trinajstić information content (AvgIpc) is 2.50. The van der Waals surface area contributed by atoms with Crippen molar-refractivity contribution in [1.29, 1.82) is 0 Å². The number of hydrogen-bond donors (Lipinski definition) is 2. The number of nitrogens with two attached hydrogens (primary N) is 1. The van der Waals surface area contributed by atoms with E-state index in [0.29, 0.717) is 19.5 Å². The van der Waals surface area contributed by atoms with Crippen LogP contribution < -0.4 is 11.1 Å². The standard InChI is InChI=1S/C16H23N3O2/c1-2-3-8-19(11-15(17)20)16(21)14-9-12-6-4-5-7-13(12)10-18-14/h4-7,14,18H,2-3,8-11H2,1H3,(H2,17,20). The van der Waals surface area contributed by atoms with Crippen molar-refractivity contribution in [2.75, 3.05) is 13.1 Å². The van der Waals surface area contributed by atoms with Crippen LogP contribution in [0.1, 0.15) is 30.9 Å². The highest BCUT2D eigenvalue weighted by atomic mass is 16.2. The van der Waals surface area contributed by atoms with Crippen molar-refractivity contribution in [2.24, 2.45) is 5.73 Å². The van der Waals surface area contributed by atoms with E-state index in [-0.39, 0.29) is 18.5 Å². The largest absolute Gasteiger partial charge is 0.368 e. The van der Waals surface area contributed by atoms with E-state index in [0.717, 1.165) is 12.8 Å². The fourth-order valence-electron chi connectivity index (χ4n) is 2.65. The van der Waals surface area contributed by atoms with Crippen LogP contribution in [0.3, 0.4) is 0 Å². The quantitative estimate of drug-likeness (QED) is 0.814. The van der Waals surface area contributed by atoms with E-state index < -0.39 is 5.91 Å². The van der Waals surface area contributed by atoms with Crippen LogP contribution in [-0.2, 0) is 22.6 Å². The third-order valence-corrected chi connectivity index (χ3v) is 3.82. The molecule has 0 spiro atoms. The van der Waals surface area contributed by atoms with Crippen molar-refractivity contribution in [1.82, 2.24) is 10.2 Å². The molecule has 1 heterocycles. The molecule has 2 rings (SSSR count). The van der Waals surface area contributed by atoms with Gasteiger partial charge in [0.1, 0.15) is 0 Å². The Labute approximate surface area is 125 Å². The lowest BCUT2D eigenvalue weighted by molar-refractivity contribution is -0.137. The number of hydrogen-bond acceptors (Lipinski definition) is 3. The molecule has 114 valence electrons. The van der Waals surface area contributed by atoms with Crippen molar-refractivity contribution in [3.63, 3.8) is 0 Å². The fourth-order valence-corrected chi connectivity index (χ4v) is 2.65. The highest BCUT2D eigenvalue weighted by molar-refractivity contribution is 5.87. The molecule has 1 atom stereocenters. The highest BCUT2D eigenvalue weighted by Gasteiger charge is 2.28. The summed E-state index contributed by atoms with van der Waals surface area (Å²) in [4.78, 5) is 25.4. The van der Waals surface area contributed by atoms with Crippen molar-refractivity contribution >= 4 is 11.8 Å². The third-order valence-electron chi connectivity index (χ3n) is 3.82. The molecule has 5 nitrogen and oxygen atoms in total. The van der Waals surface area contributed by atoms with Gasteiger partial charge in [-0.1, -0.05) is 37.6 Å². The van der Waals surface area contributed by atoms with Crippen LogP contribution in [0.4, 0.5) is 0 Å². The first-order valence-corrected chi connectivity index (χ1v) is 7.49. The van der Waals surface area contributed by atoms with Crippen LogP contribution in [0.15, 0.2) is 24.3 Å². The van der Waals surface area contributed by atoms with Gasteiger partial charge in [-0.2, -0.15) is 0 Å². The van der Waals surface area contributed by atoms with Gasteiger partial charge in [-0.15, -0.1) is 0 Å². The fraction of sp³-hybridized carbons (Fsp3) is 0.500. The van der Waals surface area contributed by atoms with Gasteiger partial charge in [0.05, 0.1) is 12.6 Å². The van der Waals surface area contributed by atoms with E-state index in [4.69, 9.17) is 5.73 Å². The number of amides is 2. The summed E-state index contributed by atoms with van der Waals surface area (Å²) in [5.41, 5.74) is 7.69. The highest BCUT2D eigenvalue weighted by Crippen LogP contribution is 2.17. The Morgan fingerprint density at radius 3 is 2.71 bits per heavy atom. The summed E-state index contributed by atoms with van der Waals surface area (Å²) in [6.07, 6.45) is 2.52. The van der Waals surface area contributed by atoms with E-state index in [1.54, 1.807) is 4.90 Å². The maximum Gasteiger partial charge on any atom is 0.240 e. The van der Waals surface area contributed by atoms with Gasteiger partial charge < -0.3 is 16.0 Å². The molecule has 1 aromatic rings. The van der Waals surface area contributed by atoms with E-state index in [2.05, 4.69) is 24.4 Å². The summed E-state index contributed by atoms with van der Waals surface area (Å²) in [5.74, 6) is -0.493. The molecule has 0 aliphatic carbocycles. The zero-order valence-electron chi connectivity index (χ0n) is 12.5. The summed E-state index contributed by atoms with van der Waals surface area (Å²) in [6.45, 7) is 3.32. The number of nitrogens with one attached hydrogen (secondary N) is 1. The van der Waals surface area contributed by atoms with Gasteiger partial charge in [0, 0.05) is 13.1 Å². The smallest absolute Gasteiger partial charge is 0.240 e. The predicted molar refractivity (Wildman–Crippen MR) is 81.5 cm³/mol. The zero-order valence-corrected chi connectivity index (χ0v) is 12.5. The second-order valence-corrected chi connectivity index (χ2v) is 5.49. The van der Waals surface area contributed by atoms with Crippen molar-refractivity contribution in [2.45, 2.75) is 38.8 Å². The number of carbonyl (C=O) groups excluding carboxylic acids is 2. The minimum absolute atomic E-state index is 0.00133. The second-order valence-electron chi connectivity index (χ2n) is 5.49. The minimum atomic E-state index is -0.462. The number of nitrogens with zero attached hydrogens (tertiary/aromatic N) is 1. The first kappa shape index (κ1) is 15.5. The average molecular weight is 289 g/mol. The summed E-state index contributed by atoms with van der Waals surface area (Å²) in [5, 5.41) is 3.26. The van der Waals surface area contributed by atoms with Gasteiger partial charge >= 0.3 is 0 Å². The molecule has 1 unspecified atom stereocenters. The van der Waals surface area contributed by atoms with E-state index in [1.165, 1.54) is 11.1 Å². The van der Waals surface area contributed by atoms with Crippen LogP contribution in [0.5, 0.6) is 0 Å². The molecule has 0 radical (unpaired) electrons. The van der Waals surface area contributed by atoms with E-state index >= 15 is 0 Å². The Kier molecular flexibility index (Phi) is 5.33. The Morgan fingerprint density at radius 2 is 2.05 bits per heavy atom. The summed E-state index contributed by atoms with van der Waals surface area (Å²) in [7, 11) is 0. The predicted octanol–water partition coefficient (Wildman–Crippen LogP) is 0.815. The van der Waals surface area contributed by atoms with Gasteiger partial charge in [-0.25, -0.2) is 0 Å². The van der Waals surface area contributed by atoms with Gasteiger partial charge in [0.2, 0.25) is 11.8 Å². The molecule has 0 saturated heterocycles. The Balaban J connectivity index is 2.05. The first-order chi connectivity index (χ1) is 10.1. The molecule has 1 aliphatic heterocycles. The number of benzene rings is 1. The molecule has 1 aromatic carbocycles. The lowest BCUT2D eigenvalue weighted by Crippen LogP contribution is -2.51. The third kappa shape index (κ3) is 4.04. The van der Waals surface area contributed by atoms with Crippen LogP contribution in [-0.4, -0.2) is 35.8 Å². The lowest BCUT2D eigenvalue weighted by Gasteiger charge is -2.30. The molecule has 2 amide bonds. The molecule has 5 heteroatoms. The number of carbonyl (C=O) groups is 2. The minimum Gasteiger partial charge on any atom is -0.368 e. The van der Waals surface area contributed by atoms with E-state index in [1.807, 2.05) is 12.1 Å². The van der Waals surface area contributed by atoms with Gasteiger partial charge in [0.25, 0.3) is 0 Å². The summed E-state index contributed by atoms with van der Waals surface area (Å²) >= 11 is 0. The number of fused-ring (bicyclic) bond motifs is 1. The van der Waals surface area contributed by atoms with Gasteiger partial charge in [0.15, 0.2) is 0 Å². The maximum atomic E-state index is 12.6. The molecular weight excluding hydrogens is 266 g/mol. The lowest BCUT2D eigenvalue weighted by atomic mass is 9.95. The molecule has 0 bridgehead atoms. The van der Waals surface area contributed by atoms with Crippen LogP contribution >= 0.6 is 0 Å². The molecular formula is C16H23N3O2. The molecule has 0 fully saturated rings. The summed E-state index contributed by atoms with van der Waals surface area (Å²) in [6, 6.07) is 7.85. The Hall–Kier alpha value is -1.88. The van der Waals surface area contributed by atoms with Crippen LogP contribution in [0.2, 0.25) is 0 Å². The first-order valence-electron chi connectivity index (χ1n) is 7.49. The molecule has 21 heavy (non-hydrogen) atoms. The molecule has 1 aliphatic rings. The molecule has 0 aromatic heterocycles. The Bertz CT molecular complexity index is 516. The number of unbranched alkanes of at least 4 members (excludes halogenated alkanes) is 1. The van der Waals surface area contributed by atoms with Crippen LogP contribution in [0.25, 0.3) is 0 Å². The van der Waals surface area contributed by atoms with Gasteiger partial charge in [-0.3, -0.25) is 9.59 Å². The van der Waals surface area contributed by atoms with Crippen LogP contribution in [0, 0.1) is 0 Å². The molecule has 3 N–H and O–H groups in total. The summed E-state index contributed by atoms with van der Waals surface area (Å²) < 4.78 is 0. The Morgan fingerprint density at radius 1 is 1.33 bits per heavy atom. The van der Waals surface area contributed by atoms with Gasteiger partial charge in [-0.05, 0) is 24.0 Å². The topological polar surface area (TPSA) is 75.4 Å². The second kappa shape index (κ2) is 7.22. The van der Waals surface area contributed by atoms with Crippen molar-refractivity contribution in [3.05, 3.63) is 35.4 Å². The van der Waals surface area contributed by atoms with Crippen molar-refractivity contribution in [3.8, 4) is 0 Å². The number of primary amides is 1. The normalized spacial score (nSPS) is 17.1. The maximum absolute atomic E-state index is 12.6. The number of rotatable bonds is 6. The SMILES string of the molecule is CCCCN(CC(N)=O)C(=O)C1Cc2ccccc2CN1. The molecule has 0 saturated carbocycles. The van der Waals surface area contributed by atoms with E-state index in [9.17, 15) is 9.59 Å². The van der Waals surface area contributed by atoms with Crippen molar-refractivity contribution < 1.29 is 9.59 Å². The zero-order chi connectivity index (χ0) is 15.2. The monoisotopic (exact) mass is 289 g/mol.